The Kier molecular flexibility index (Phi) is 13.1. The van der Waals surface area contributed by atoms with Crippen molar-refractivity contribution in [3.8, 4) is 17.3 Å². The van der Waals surface area contributed by atoms with Crippen molar-refractivity contribution in [2.24, 2.45) is 0 Å². The van der Waals surface area contributed by atoms with E-state index < -0.39 is 29.3 Å². The SMILES string of the molecule is C=C/C=C(\C=C/C)C(Nc1cc(Cl)c(=O)n(Cc2ccc(OC)cc2)c1)c1c(C(=O)O)nn(-c2cnc(N(C)C(=O)OC(C)(C)C)nc2OC)c1C(C)C. The number of carbonyl (C=O) groups is 2. The Hall–Kier alpha value is -5.89. The number of hydrogen-bond donors (Lipinski definition) is 2. The fourth-order valence-corrected chi connectivity index (χ4v) is 5.86. The van der Waals surface area contributed by atoms with Crippen molar-refractivity contribution in [1.82, 2.24) is 24.3 Å². The first-order valence-electron chi connectivity index (χ1n) is 17.0. The zero-order valence-electron chi connectivity index (χ0n) is 31.9. The van der Waals surface area contributed by atoms with Crippen LogP contribution in [0.15, 0.2) is 84.0 Å². The van der Waals surface area contributed by atoms with Crippen LogP contribution in [0.2, 0.25) is 5.02 Å². The summed E-state index contributed by atoms with van der Waals surface area (Å²) in [5.41, 5.74) is 1.54. The predicted molar refractivity (Wildman–Crippen MR) is 209 cm³/mol. The average molecular weight is 760 g/mol. The minimum Gasteiger partial charge on any atom is -0.497 e. The molecule has 1 amide bonds. The average Bonchev–Trinajstić information content (AvgIpc) is 3.52. The summed E-state index contributed by atoms with van der Waals surface area (Å²) in [5, 5.41) is 18.7. The van der Waals surface area contributed by atoms with E-state index in [1.165, 1.54) is 35.7 Å². The molecule has 1 atom stereocenters. The van der Waals surface area contributed by atoms with Crippen molar-refractivity contribution in [2.45, 2.75) is 65.6 Å². The van der Waals surface area contributed by atoms with Gasteiger partial charge >= 0.3 is 12.1 Å². The minimum atomic E-state index is -1.29. The van der Waals surface area contributed by atoms with Gasteiger partial charge in [-0.25, -0.2) is 24.2 Å². The number of rotatable bonds is 14. The van der Waals surface area contributed by atoms with Crippen LogP contribution in [0.5, 0.6) is 11.6 Å². The highest BCUT2D eigenvalue weighted by molar-refractivity contribution is 6.30. The third-order valence-electron chi connectivity index (χ3n) is 7.98. The highest BCUT2D eigenvalue weighted by atomic mass is 35.5. The molecule has 3 heterocycles. The number of pyridine rings is 1. The van der Waals surface area contributed by atoms with Gasteiger partial charge in [0.25, 0.3) is 5.56 Å². The van der Waals surface area contributed by atoms with Crippen LogP contribution in [-0.4, -0.2) is 68.4 Å². The summed E-state index contributed by atoms with van der Waals surface area (Å²) in [6, 6.07) is 7.94. The molecule has 0 saturated heterocycles. The molecule has 0 aliphatic heterocycles. The first-order valence-corrected chi connectivity index (χ1v) is 17.4. The van der Waals surface area contributed by atoms with Gasteiger partial charge in [-0.3, -0.25) is 4.79 Å². The molecule has 0 saturated carbocycles. The lowest BCUT2D eigenvalue weighted by Crippen LogP contribution is -2.35. The Morgan fingerprint density at radius 3 is 2.39 bits per heavy atom. The van der Waals surface area contributed by atoms with Gasteiger partial charge in [0.1, 0.15) is 22.1 Å². The summed E-state index contributed by atoms with van der Waals surface area (Å²) >= 11 is 6.52. The van der Waals surface area contributed by atoms with E-state index in [4.69, 9.17) is 25.8 Å². The molecule has 0 radical (unpaired) electrons. The number of amides is 1. The van der Waals surface area contributed by atoms with Crippen LogP contribution in [-0.2, 0) is 11.3 Å². The zero-order valence-corrected chi connectivity index (χ0v) is 32.6. The van der Waals surface area contributed by atoms with Crippen LogP contribution in [0.25, 0.3) is 5.69 Å². The van der Waals surface area contributed by atoms with Gasteiger partial charge in [-0.15, -0.1) is 0 Å². The number of carboxylic acids is 1. The van der Waals surface area contributed by atoms with Gasteiger partial charge in [-0.1, -0.05) is 68.5 Å². The molecule has 1 aromatic carbocycles. The number of aromatic nitrogens is 5. The number of allylic oxidation sites excluding steroid dienone is 3. The summed E-state index contributed by atoms with van der Waals surface area (Å²) in [5.74, 6) is -0.911. The number of nitrogens with one attached hydrogen (secondary N) is 1. The van der Waals surface area contributed by atoms with Crippen molar-refractivity contribution < 1.29 is 28.9 Å². The van der Waals surface area contributed by atoms with Crippen LogP contribution in [0.3, 0.4) is 0 Å². The molecule has 15 heteroatoms. The molecule has 0 aliphatic carbocycles. The highest BCUT2D eigenvalue weighted by Crippen LogP contribution is 2.38. The maximum Gasteiger partial charge on any atom is 0.416 e. The van der Waals surface area contributed by atoms with E-state index in [1.54, 1.807) is 58.4 Å². The molecule has 3 aromatic heterocycles. The normalized spacial score (nSPS) is 12.5. The van der Waals surface area contributed by atoms with Crippen LogP contribution >= 0.6 is 11.6 Å². The van der Waals surface area contributed by atoms with E-state index in [1.807, 2.05) is 45.1 Å². The lowest BCUT2D eigenvalue weighted by molar-refractivity contribution is 0.0586. The van der Waals surface area contributed by atoms with Crippen LogP contribution in [0.1, 0.15) is 80.8 Å². The molecule has 4 aromatic rings. The monoisotopic (exact) mass is 759 g/mol. The van der Waals surface area contributed by atoms with Gasteiger partial charge < -0.3 is 29.2 Å². The second-order valence-electron chi connectivity index (χ2n) is 13.5. The van der Waals surface area contributed by atoms with Gasteiger partial charge in [-0.05, 0) is 62.9 Å². The fraction of sp³-hybridized carbons (Fsp3) is 0.333. The lowest BCUT2D eigenvalue weighted by Gasteiger charge is -2.25. The standard InChI is InChI=1S/C39H46ClN7O7/c1-11-13-25(14-12-2)31(42-26-19-28(40)35(48)46(22-26)21-24-15-17-27(52-9)18-16-24)30-32(36(49)50)44-47(33(30)23(3)4)29-20-41-37(43-34(29)53-10)45(8)38(51)54-39(5,6)7/h11-20,22-23,31,42H,1,21H2,2-10H3,(H,49,50)/b14-12-,25-13+. The number of carbonyl (C=O) groups excluding carboxylic acids is 1. The van der Waals surface area contributed by atoms with Crippen molar-refractivity contribution >= 4 is 35.3 Å². The Morgan fingerprint density at radius 2 is 1.83 bits per heavy atom. The summed E-state index contributed by atoms with van der Waals surface area (Å²) < 4.78 is 19.3. The molecule has 14 nitrogen and oxygen atoms in total. The second kappa shape index (κ2) is 17.3. The van der Waals surface area contributed by atoms with Gasteiger partial charge in [-0.2, -0.15) is 10.1 Å². The molecular formula is C39H46ClN7O7. The smallest absolute Gasteiger partial charge is 0.416 e. The van der Waals surface area contributed by atoms with Gasteiger partial charge in [0.2, 0.25) is 11.8 Å². The Balaban J connectivity index is 1.93. The molecule has 286 valence electrons. The number of halogens is 1. The Labute approximate surface area is 319 Å². The van der Waals surface area contributed by atoms with E-state index in [0.29, 0.717) is 28.3 Å². The zero-order chi connectivity index (χ0) is 39.9. The van der Waals surface area contributed by atoms with E-state index >= 15 is 0 Å². The van der Waals surface area contributed by atoms with Crippen LogP contribution in [0.4, 0.5) is 16.4 Å². The number of ether oxygens (including phenoxy) is 3. The van der Waals surface area contributed by atoms with Gasteiger partial charge in [0.05, 0.1) is 44.4 Å². The van der Waals surface area contributed by atoms with E-state index in [9.17, 15) is 19.5 Å². The number of hydrogen-bond acceptors (Lipinski definition) is 10. The molecule has 0 spiro atoms. The summed E-state index contributed by atoms with van der Waals surface area (Å²) in [4.78, 5) is 49.1. The first kappa shape index (κ1) is 40.9. The number of aromatic carboxylic acids is 1. The van der Waals surface area contributed by atoms with Crippen molar-refractivity contribution in [3.05, 3.63) is 117 Å². The summed E-state index contributed by atoms with van der Waals surface area (Å²) in [6.45, 7) is 15.0. The van der Waals surface area contributed by atoms with Crippen molar-refractivity contribution in [1.29, 1.82) is 0 Å². The lowest BCUT2D eigenvalue weighted by atomic mass is 9.91. The van der Waals surface area contributed by atoms with Crippen molar-refractivity contribution in [2.75, 3.05) is 31.5 Å². The van der Waals surface area contributed by atoms with Crippen molar-refractivity contribution in [3.63, 3.8) is 0 Å². The summed E-state index contributed by atoms with van der Waals surface area (Å²) in [7, 11) is 4.44. The molecule has 1 unspecified atom stereocenters. The molecule has 0 aliphatic rings. The first-order chi connectivity index (χ1) is 25.5. The topological polar surface area (TPSA) is 163 Å². The summed E-state index contributed by atoms with van der Waals surface area (Å²) in [6.07, 6.45) is 9.35. The molecule has 0 fully saturated rings. The Morgan fingerprint density at radius 1 is 1.15 bits per heavy atom. The molecule has 2 N–H and O–H groups in total. The maximum atomic E-state index is 13.2. The minimum absolute atomic E-state index is 0.00717. The number of carboxylic acid groups (broad SMARTS) is 1. The van der Waals surface area contributed by atoms with E-state index in [-0.39, 0.29) is 40.7 Å². The quantitative estimate of drug-likeness (QED) is 0.122. The van der Waals surface area contributed by atoms with Crippen LogP contribution < -0.4 is 25.2 Å². The molecule has 0 bridgehead atoms. The third kappa shape index (κ3) is 9.36. The molecule has 54 heavy (non-hydrogen) atoms. The van der Waals surface area contributed by atoms with Crippen LogP contribution in [0, 0.1) is 0 Å². The fourth-order valence-electron chi connectivity index (χ4n) is 5.63. The Bertz CT molecular complexity index is 2130. The number of methoxy groups -OCH3 is 2. The third-order valence-corrected chi connectivity index (χ3v) is 8.25. The molecular weight excluding hydrogens is 714 g/mol. The van der Waals surface area contributed by atoms with E-state index in [0.717, 1.165) is 10.5 Å². The van der Waals surface area contributed by atoms with Gasteiger partial charge in [0.15, 0.2) is 5.69 Å². The van der Waals surface area contributed by atoms with Gasteiger partial charge in [0, 0.05) is 18.8 Å². The maximum absolute atomic E-state index is 13.2. The van der Waals surface area contributed by atoms with E-state index in [2.05, 4.69) is 27.0 Å². The predicted octanol–water partition coefficient (Wildman–Crippen LogP) is 7.58. The number of nitrogens with zero attached hydrogens (tertiary/aromatic N) is 6. The molecule has 4 rings (SSSR count). The second-order valence-corrected chi connectivity index (χ2v) is 13.9. The number of benzene rings is 1. The largest absolute Gasteiger partial charge is 0.497 e. The highest BCUT2D eigenvalue weighted by Gasteiger charge is 2.34. The number of anilines is 2.